The third-order valence-electron chi connectivity index (χ3n) is 5.36. The van der Waals surface area contributed by atoms with Crippen LogP contribution in [0.5, 0.6) is 0 Å². The summed E-state index contributed by atoms with van der Waals surface area (Å²) in [6.07, 6.45) is 0. The minimum atomic E-state index is -0.812. The van der Waals surface area contributed by atoms with E-state index in [1.54, 1.807) is 13.8 Å². The fourth-order valence-corrected chi connectivity index (χ4v) is 3.56. The molecule has 4 amide bonds. The summed E-state index contributed by atoms with van der Waals surface area (Å²) in [5, 5.41) is 10.8. The van der Waals surface area contributed by atoms with Crippen molar-refractivity contribution in [2.45, 2.75) is 52.6 Å². The zero-order valence-electron chi connectivity index (χ0n) is 21.0. The number of rotatable bonds is 6. The minimum Gasteiger partial charge on any atom is -0.329 e. The van der Waals surface area contributed by atoms with Crippen molar-refractivity contribution in [2.24, 2.45) is 0 Å². The van der Waals surface area contributed by atoms with Gasteiger partial charge in [0.05, 0.1) is 11.1 Å². The Morgan fingerprint density at radius 3 is 1.47 bits per heavy atom. The number of aromatic amines is 2. The van der Waals surface area contributed by atoms with Crippen molar-refractivity contribution < 1.29 is 9.59 Å². The summed E-state index contributed by atoms with van der Waals surface area (Å²) in [6, 6.07) is 8.97. The van der Waals surface area contributed by atoms with Crippen molar-refractivity contribution in [3.8, 4) is 0 Å². The van der Waals surface area contributed by atoms with Crippen molar-refractivity contribution in [2.75, 3.05) is 10.6 Å². The molecule has 12 nitrogen and oxygen atoms in total. The number of benzene rings is 1. The van der Waals surface area contributed by atoms with Crippen molar-refractivity contribution in [3.63, 3.8) is 0 Å². The molecule has 6 N–H and O–H groups in total. The Hall–Kier alpha value is -4.48. The number of urea groups is 2. The highest BCUT2D eigenvalue weighted by Crippen LogP contribution is 2.27. The van der Waals surface area contributed by atoms with E-state index in [1.165, 1.54) is 12.1 Å². The van der Waals surface area contributed by atoms with Gasteiger partial charge in [-0.15, -0.1) is 0 Å². The van der Waals surface area contributed by atoms with Crippen LogP contribution in [0.4, 0.5) is 21.5 Å². The standard InChI is InChI=1S/C24H30N8O4/c1-13-10-17(33)27-19(25-13)29-21(35)31-23(3,4)15-8-7-9-16(12-15)24(5,6)32-22(36)30-20-26-14(2)11-18(34)28-20/h7-12H,1-6H3,(H3,25,27,29,31,33,35)(H3,26,28,30,32,34,36)/i27+1,28+1. The zero-order valence-corrected chi connectivity index (χ0v) is 21.0. The van der Waals surface area contributed by atoms with E-state index in [9.17, 15) is 19.2 Å². The third kappa shape index (κ3) is 6.78. The average molecular weight is 497 g/mol. The van der Waals surface area contributed by atoms with Gasteiger partial charge in [-0.25, -0.2) is 19.6 Å². The quantitative estimate of drug-likeness (QED) is 0.306. The highest BCUT2D eigenvalue weighted by atomic mass is 16.2. The van der Waals surface area contributed by atoms with Crippen molar-refractivity contribution in [1.82, 2.24) is 30.6 Å². The maximum atomic E-state index is 12.6. The van der Waals surface area contributed by atoms with Gasteiger partial charge in [-0.1, -0.05) is 24.3 Å². The highest BCUT2D eigenvalue weighted by molar-refractivity contribution is 5.88. The van der Waals surface area contributed by atoms with Crippen LogP contribution in [0.2, 0.25) is 0 Å². The van der Waals surface area contributed by atoms with Crippen LogP contribution in [-0.4, -0.2) is 32.0 Å². The number of hydrogen-bond donors (Lipinski definition) is 6. The molecule has 0 bridgehead atoms. The van der Waals surface area contributed by atoms with Gasteiger partial charge in [-0.3, -0.25) is 30.2 Å². The third-order valence-corrected chi connectivity index (χ3v) is 5.36. The molecule has 0 fully saturated rings. The molecule has 2 heterocycles. The number of H-pyrrole nitrogens is 2. The first kappa shape index (κ1) is 26.1. The fraction of sp³-hybridized carbons (Fsp3) is 0.333. The molecule has 36 heavy (non-hydrogen) atoms. The lowest BCUT2D eigenvalue weighted by Gasteiger charge is -2.31. The summed E-state index contributed by atoms with van der Waals surface area (Å²) in [7, 11) is 0. The van der Waals surface area contributed by atoms with E-state index in [0.717, 1.165) is 11.1 Å². The van der Waals surface area contributed by atoms with E-state index in [4.69, 9.17) is 0 Å². The molecule has 0 radical (unpaired) electrons. The van der Waals surface area contributed by atoms with Gasteiger partial charge in [0.2, 0.25) is 11.9 Å². The second-order valence-corrected chi connectivity index (χ2v) is 9.46. The summed E-state index contributed by atoms with van der Waals surface area (Å²) >= 11 is 0. The molecular weight excluding hydrogens is 466 g/mol. The molecule has 3 aromatic rings. The molecule has 0 unspecified atom stereocenters. The summed E-state index contributed by atoms with van der Waals surface area (Å²) in [6.45, 7) is 10.6. The fourth-order valence-electron chi connectivity index (χ4n) is 3.56. The lowest BCUT2D eigenvalue weighted by molar-refractivity contribution is 0.241. The maximum Gasteiger partial charge on any atom is 0.322 e. The summed E-state index contributed by atoms with van der Waals surface area (Å²) < 4.78 is 0. The lowest BCUT2D eigenvalue weighted by Crippen LogP contribution is -2.45. The molecule has 0 saturated carbocycles. The molecule has 0 aliphatic carbocycles. The summed E-state index contributed by atoms with van der Waals surface area (Å²) in [4.78, 5) is 61.5. The van der Waals surface area contributed by atoms with Gasteiger partial charge in [-0.2, -0.15) is 0 Å². The number of anilines is 2. The first-order chi connectivity index (χ1) is 16.7. The predicted octanol–water partition coefficient (Wildman–Crippen LogP) is 2.58. The number of carbonyl (C=O) groups excluding carboxylic acids is 2. The number of aromatic nitrogens is 4. The van der Waals surface area contributed by atoms with Gasteiger partial charge in [0.1, 0.15) is 0 Å². The average Bonchev–Trinajstić information content (AvgIpc) is 2.71. The van der Waals surface area contributed by atoms with Crippen LogP contribution in [0.15, 0.2) is 46.0 Å². The van der Waals surface area contributed by atoms with Gasteiger partial charge >= 0.3 is 12.1 Å². The minimum absolute atomic E-state index is 0.0443. The SMILES string of the molecule is Cc1cc(=O)[15nH]c(NC(=O)NC(C)(C)c2cccc(C(C)(C)NC(=O)Nc3nc(C)cc(=O)[15nH]3)c2)n1. The predicted molar refractivity (Wildman–Crippen MR) is 136 cm³/mol. The smallest absolute Gasteiger partial charge is 0.322 e. The molecule has 2 aromatic heterocycles. The van der Waals surface area contributed by atoms with Gasteiger partial charge in [-0.05, 0) is 52.7 Å². The second kappa shape index (κ2) is 10.0. The number of nitrogens with one attached hydrogen (secondary N) is 6. The molecule has 0 atom stereocenters. The maximum absolute atomic E-state index is 12.6. The van der Waals surface area contributed by atoms with E-state index in [2.05, 4.69) is 41.2 Å². The van der Waals surface area contributed by atoms with E-state index in [1.807, 2.05) is 52.0 Å². The molecule has 0 aliphatic heterocycles. The van der Waals surface area contributed by atoms with E-state index in [0.29, 0.717) is 11.4 Å². The number of aryl methyl sites for hydroxylation is 2. The number of nitrogens with zero attached hydrogens (tertiary/aromatic N) is 2. The van der Waals surface area contributed by atoms with Crippen LogP contribution >= 0.6 is 0 Å². The van der Waals surface area contributed by atoms with Crippen LogP contribution < -0.4 is 32.4 Å². The van der Waals surface area contributed by atoms with Crippen LogP contribution in [-0.2, 0) is 11.1 Å². The van der Waals surface area contributed by atoms with Crippen LogP contribution in [0, 0.1) is 13.8 Å². The Labute approximate surface area is 207 Å². The van der Waals surface area contributed by atoms with Crippen LogP contribution in [0.25, 0.3) is 0 Å². The molecule has 12 heteroatoms. The Balaban J connectivity index is 1.72. The first-order valence-corrected chi connectivity index (χ1v) is 11.2. The van der Waals surface area contributed by atoms with Crippen LogP contribution in [0.3, 0.4) is 0 Å². The first-order valence-electron chi connectivity index (χ1n) is 11.2. The molecule has 190 valence electrons. The Bertz CT molecular complexity index is 1300. The molecule has 1 aromatic carbocycles. The largest absolute Gasteiger partial charge is 0.329 e. The number of carbonyl (C=O) groups is 2. The Morgan fingerprint density at radius 1 is 0.722 bits per heavy atom. The van der Waals surface area contributed by atoms with Crippen LogP contribution in [0.1, 0.15) is 50.2 Å². The Kier molecular flexibility index (Phi) is 7.27. The molecule has 0 spiro atoms. The van der Waals surface area contributed by atoms with E-state index < -0.39 is 23.1 Å². The van der Waals surface area contributed by atoms with E-state index in [-0.39, 0.29) is 23.0 Å². The molecule has 0 saturated heterocycles. The Morgan fingerprint density at radius 2 is 1.11 bits per heavy atom. The van der Waals surface area contributed by atoms with Gasteiger partial charge in [0.15, 0.2) is 0 Å². The van der Waals surface area contributed by atoms with E-state index >= 15 is 0 Å². The highest BCUT2D eigenvalue weighted by Gasteiger charge is 2.28. The summed E-state index contributed by atoms with van der Waals surface area (Å²) in [5.74, 6) is 0.0886. The van der Waals surface area contributed by atoms with Crippen molar-refractivity contribution in [3.05, 3.63) is 79.6 Å². The van der Waals surface area contributed by atoms with Gasteiger partial charge in [0.25, 0.3) is 11.1 Å². The van der Waals surface area contributed by atoms with Crippen molar-refractivity contribution >= 4 is 24.0 Å². The normalized spacial score (nSPS) is 11.5. The summed E-state index contributed by atoms with van der Waals surface area (Å²) in [5.41, 5.74) is 0.150. The van der Waals surface area contributed by atoms with Gasteiger partial charge < -0.3 is 10.6 Å². The van der Waals surface area contributed by atoms with Crippen molar-refractivity contribution in [1.29, 1.82) is 0 Å². The monoisotopic (exact) mass is 496 g/mol. The molecule has 3 rings (SSSR count). The van der Waals surface area contributed by atoms with Gasteiger partial charge in [0, 0.05) is 23.5 Å². The topological polar surface area (TPSA) is 174 Å². The molecular formula is C24H30N8O4. The number of hydrogen-bond acceptors (Lipinski definition) is 6. The second-order valence-electron chi connectivity index (χ2n) is 9.46. The molecule has 0 aliphatic rings. The zero-order chi connectivity index (χ0) is 26.7. The number of amides is 4. The lowest BCUT2D eigenvalue weighted by atomic mass is 9.87.